The first-order valence-electron chi connectivity index (χ1n) is 5.81. The first-order valence-corrected chi connectivity index (χ1v) is 7.53. The van der Waals surface area contributed by atoms with E-state index in [9.17, 15) is 4.89 Å². The van der Waals surface area contributed by atoms with Crippen LogP contribution in [0.25, 0.3) is 0 Å². The molecule has 4 nitrogen and oxygen atoms in total. The van der Waals surface area contributed by atoms with Crippen LogP contribution in [0.4, 0.5) is 0 Å². The Labute approximate surface area is 108 Å². The van der Waals surface area contributed by atoms with E-state index >= 15 is 0 Å². The fraction of sp³-hybridized carbons (Fsp3) is 0.462. The molecule has 0 radical (unpaired) electrons. The molecule has 2 rings (SSSR count). The van der Waals surface area contributed by atoms with E-state index in [0.29, 0.717) is 6.61 Å². The molecule has 1 unspecified atom stereocenters. The topological polar surface area (TPSA) is 65.3 Å². The standard InChI is InChI=1S/C13H16NO3P/c1-13(2)10-16-18(15,9-8-14)17-12(13)11-6-4-3-5-7-11/h3-7,12H,9-10H2,1-2H3/t12-,18?/m0/s1. The Bertz CT molecular complexity index is 457. The van der Waals surface area contributed by atoms with Gasteiger partial charge in [0.25, 0.3) is 7.94 Å². The Morgan fingerprint density at radius 2 is 2.11 bits per heavy atom. The van der Waals surface area contributed by atoms with Gasteiger partial charge >= 0.3 is 0 Å². The molecule has 0 saturated carbocycles. The zero-order chi connectivity index (χ0) is 13.2. The SMILES string of the molecule is CC1(C)CO[P+]([O-])(CC#N)O[C@H]1c1ccccc1. The second kappa shape index (κ2) is 4.95. The van der Waals surface area contributed by atoms with Crippen LogP contribution in [0.1, 0.15) is 25.5 Å². The van der Waals surface area contributed by atoms with Crippen LogP contribution in [0.15, 0.2) is 30.3 Å². The molecule has 0 bridgehead atoms. The van der Waals surface area contributed by atoms with Crippen LogP contribution in [-0.2, 0) is 9.05 Å². The summed E-state index contributed by atoms with van der Waals surface area (Å²) in [5.74, 6) is 0. The van der Waals surface area contributed by atoms with Gasteiger partial charge in [0.1, 0.15) is 18.8 Å². The first-order chi connectivity index (χ1) is 8.47. The number of hydrogen-bond acceptors (Lipinski definition) is 4. The van der Waals surface area contributed by atoms with Crippen molar-refractivity contribution in [3.8, 4) is 6.07 Å². The second-order valence-electron chi connectivity index (χ2n) is 5.09. The summed E-state index contributed by atoms with van der Waals surface area (Å²) in [6.45, 7) is 4.33. The Kier molecular flexibility index (Phi) is 3.70. The average Bonchev–Trinajstić information content (AvgIpc) is 2.34. The maximum atomic E-state index is 12.2. The van der Waals surface area contributed by atoms with E-state index in [4.69, 9.17) is 14.3 Å². The molecule has 0 N–H and O–H groups in total. The molecular weight excluding hydrogens is 249 g/mol. The van der Waals surface area contributed by atoms with E-state index in [-0.39, 0.29) is 17.7 Å². The van der Waals surface area contributed by atoms with Crippen LogP contribution in [0, 0.1) is 16.7 Å². The fourth-order valence-electron chi connectivity index (χ4n) is 1.98. The first kappa shape index (κ1) is 13.5. The molecule has 1 aliphatic heterocycles. The molecule has 1 aromatic rings. The van der Waals surface area contributed by atoms with Gasteiger partial charge in [0, 0.05) is 5.41 Å². The summed E-state index contributed by atoms with van der Waals surface area (Å²) in [5, 5.41) is 8.69. The van der Waals surface area contributed by atoms with Gasteiger partial charge in [-0.3, -0.25) is 0 Å². The summed E-state index contributed by atoms with van der Waals surface area (Å²) >= 11 is 0. The Balaban J connectivity index is 2.28. The highest BCUT2D eigenvalue weighted by atomic mass is 31.2. The molecule has 18 heavy (non-hydrogen) atoms. The van der Waals surface area contributed by atoms with E-state index in [2.05, 4.69) is 0 Å². The van der Waals surface area contributed by atoms with Crippen LogP contribution in [0.5, 0.6) is 0 Å². The summed E-state index contributed by atoms with van der Waals surface area (Å²) < 4.78 is 10.9. The Morgan fingerprint density at radius 1 is 1.44 bits per heavy atom. The van der Waals surface area contributed by atoms with Gasteiger partial charge in [0.15, 0.2) is 6.16 Å². The van der Waals surface area contributed by atoms with Crippen molar-refractivity contribution in [2.24, 2.45) is 5.41 Å². The number of nitriles is 1. The quantitative estimate of drug-likeness (QED) is 0.770. The van der Waals surface area contributed by atoms with Crippen molar-refractivity contribution in [2.75, 3.05) is 12.8 Å². The van der Waals surface area contributed by atoms with Crippen molar-refractivity contribution in [1.29, 1.82) is 5.26 Å². The van der Waals surface area contributed by atoms with Crippen molar-refractivity contribution in [2.45, 2.75) is 20.0 Å². The van der Waals surface area contributed by atoms with Gasteiger partial charge in [-0.15, -0.1) is 0 Å². The molecule has 1 aliphatic rings. The predicted octanol–water partition coefficient (Wildman–Crippen LogP) is 2.45. The van der Waals surface area contributed by atoms with Gasteiger partial charge < -0.3 is 4.89 Å². The Morgan fingerprint density at radius 3 is 2.72 bits per heavy atom. The lowest BCUT2D eigenvalue weighted by atomic mass is 9.83. The number of rotatable bonds is 2. The summed E-state index contributed by atoms with van der Waals surface area (Å²) in [6, 6.07) is 11.5. The van der Waals surface area contributed by atoms with Crippen LogP contribution in [0.3, 0.4) is 0 Å². The summed E-state index contributed by atoms with van der Waals surface area (Å²) in [7, 11) is -3.28. The lowest BCUT2D eigenvalue weighted by molar-refractivity contribution is -0.243. The zero-order valence-electron chi connectivity index (χ0n) is 10.5. The van der Waals surface area contributed by atoms with E-state index in [1.165, 1.54) is 0 Å². The van der Waals surface area contributed by atoms with E-state index < -0.39 is 7.94 Å². The maximum absolute atomic E-state index is 12.2. The highest BCUT2D eigenvalue weighted by Crippen LogP contribution is 2.63. The molecule has 0 spiro atoms. The van der Waals surface area contributed by atoms with Gasteiger partial charge in [0.2, 0.25) is 0 Å². The van der Waals surface area contributed by atoms with E-state index in [1.54, 1.807) is 0 Å². The maximum Gasteiger partial charge on any atom is 0.252 e. The minimum atomic E-state index is -3.28. The minimum Gasteiger partial charge on any atom is -0.631 e. The highest BCUT2D eigenvalue weighted by molar-refractivity contribution is 7.59. The highest BCUT2D eigenvalue weighted by Gasteiger charge is 2.48. The molecule has 1 heterocycles. The second-order valence-corrected chi connectivity index (χ2v) is 7.09. The number of hydrogen-bond donors (Lipinski definition) is 0. The van der Waals surface area contributed by atoms with Gasteiger partial charge in [-0.1, -0.05) is 44.2 Å². The van der Waals surface area contributed by atoms with Crippen LogP contribution >= 0.6 is 7.94 Å². The smallest absolute Gasteiger partial charge is 0.252 e. The van der Waals surface area contributed by atoms with Crippen molar-refractivity contribution in [3.05, 3.63) is 35.9 Å². The summed E-state index contributed by atoms with van der Waals surface area (Å²) in [5.41, 5.74) is 0.689. The lowest BCUT2D eigenvalue weighted by Crippen LogP contribution is -2.38. The summed E-state index contributed by atoms with van der Waals surface area (Å²) in [4.78, 5) is 12.2. The third-order valence-corrected chi connectivity index (χ3v) is 4.56. The third-order valence-electron chi connectivity index (χ3n) is 2.98. The molecule has 5 heteroatoms. The van der Waals surface area contributed by atoms with Crippen molar-refractivity contribution in [1.82, 2.24) is 0 Å². The molecule has 1 fully saturated rings. The van der Waals surface area contributed by atoms with Crippen molar-refractivity contribution < 1.29 is 13.9 Å². The Hall–Kier alpha value is -0.980. The van der Waals surface area contributed by atoms with E-state index in [1.807, 2.05) is 50.2 Å². The molecule has 96 valence electrons. The van der Waals surface area contributed by atoms with Crippen LogP contribution in [-0.4, -0.2) is 12.8 Å². The number of benzene rings is 1. The molecule has 0 aromatic heterocycles. The normalized spacial score (nSPS) is 30.7. The van der Waals surface area contributed by atoms with Gasteiger partial charge in [-0.2, -0.15) is 5.26 Å². The van der Waals surface area contributed by atoms with Crippen molar-refractivity contribution in [3.63, 3.8) is 0 Å². The average molecular weight is 265 g/mol. The van der Waals surface area contributed by atoms with Crippen molar-refractivity contribution >= 4 is 7.94 Å². The monoisotopic (exact) mass is 265 g/mol. The molecule has 1 aromatic carbocycles. The van der Waals surface area contributed by atoms with E-state index in [0.717, 1.165) is 5.56 Å². The van der Waals surface area contributed by atoms with Crippen LogP contribution in [0.2, 0.25) is 0 Å². The molecule has 0 amide bonds. The molecular formula is C13H16NO3P. The molecule has 1 saturated heterocycles. The molecule has 0 aliphatic carbocycles. The number of nitrogens with zero attached hydrogens (tertiary/aromatic N) is 1. The van der Waals surface area contributed by atoms with Crippen LogP contribution < -0.4 is 4.89 Å². The lowest BCUT2D eigenvalue weighted by Gasteiger charge is -2.43. The minimum absolute atomic E-state index is 0.202. The zero-order valence-corrected chi connectivity index (χ0v) is 11.4. The third kappa shape index (κ3) is 2.71. The molecule has 2 atom stereocenters. The van der Waals surface area contributed by atoms with Gasteiger partial charge in [-0.05, 0) is 5.56 Å². The van der Waals surface area contributed by atoms with Gasteiger partial charge in [0.05, 0.1) is 0 Å². The summed E-state index contributed by atoms with van der Waals surface area (Å²) in [6.07, 6.45) is -0.515. The van der Waals surface area contributed by atoms with Gasteiger partial charge in [-0.25, -0.2) is 9.05 Å². The largest absolute Gasteiger partial charge is 0.631 e. The predicted molar refractivity (Wildman–Crippen MR) is 67.4 cm³/mol. The fourth-order valence-corrected chi connectivity index (χ4v) is 3.64.